The van der Waals surface area contributed by atoms with Crippen LogP contribution in [0.5, 0.6) is 0 Å². The molecule has 1 aliphatic rings. The Kier molecular flexibility index (Phi) is 6.88. The molecule has 2 aromatic carbocycles. The SMILES string of the molecule is CCCN1C(=O)CCc2c1ccc(N)c2F.Cc1ccc(CS)cc1. The molecule has 1 amide bonds. The van der Waals surface area contributed by atoms with Crippen molar-refractivity contribution in [3.63, 3.8) is 0 Å². The van der Waals surface area contributed by atoms with Crippen LogP contribution in [0.1, 0.15) is 36.5 Å². The Morgan fingerprint density at radius 3 is 2.44 bits per heavy atom. The van der Waals surface area contributed by atoms with Gasteiger partial charge in [-0.2, -0.15) is 12.6 Å². The number of thiol groups is 1. The lowest BCUT2D eigenvalue weighted by molar-refractivity contribution is -0.118. The van der Waals surface area contributed by atoms with Gasteiger partial charge in [-0.15, -0.1) is 0 Å². The van der Waals surface area contributed by atoms with Crippen LogP contribution < -0.4 is 10.6 Å². The van der Waals surface area contributed by atoms with Gasteiger partial charge < -0.3 is 10.6 Å². The van der Waals surface area contributed by atoms with Crippen molar-refractivity contribution in [3.8, 4) is 0 Å². The third-order valence-electron chi connectivity index (χ3n) is 4.18. The summed E-state index contributed by atoms with van der Waals surface area (Å²) in [6, 6.07) is 11.7. The summed E-state index contributed by atoms with van der Waals surface area (Å²) < 4.78 is 13.8. The number of halogens is 1. The van der Waals surface area contributed by atoms with E-state index >= 15 is 0 Å². The van der Waals surface area contributed by atoms with E-state index in [1.165, 1.54) is 17.2 Å². The number of aryl methyl sites for hydroxylation is 1. The molecule has 0 atom stereocenters. The number of nitrogen functional groups attached to an aromatic ring is 1. The summed E-state index contributed by atoms with van der Waals surface area (Å²) in [5.74, 6) is 0.532. The molecule has 1 heterocycles. The third-order valence-corrected chi connectivity index (χ3v) is 4.54. The summed E-state index contributed by atoms with van der Waals surface area (Å²) in [7, 11) is 0. The molecule has 0 saturated heterocycles. The molecular formula is C20H25FN2OS. The summed E-state index contributed by atoms with van der Waals surface area (Å²) in [6.07, 6.45) is 1.68. The van der Waals surface area contributed by atoms with E-state index in [1.807, 2.05) is 6.92 Å². The van der Waals surface area contributed by atoms with Crippen molar-refractivity contribution < 1.29 is 9.18 Å². The number of carbonyl (C=O) groups excluding carboxylic acids is 1. The van der Waals surface area contributed by atoms with Crippen LogP contribution in [-0.2, 0) is 17.0 Å². The first-order chi connectivity index (χ1) is 12.0. The highest BCUT2D eigenvalue weighted by Gasteiger charge is 2.26. The second-order valence-corrected chi connectivity index (χ2v) is 6.47. The lowest BCUT2D eigenvalue weighted by Crippen LogP contribution is -2.36. The fourth-order valence-electron chi connectivity index (χ4n) is 2.78. The minimum Gasteiger partial charge on any atom is -0.396 e. The average molecular weight is 360 g/mol. The molecule has 134 valence electrons. The maximum absolute atomic E-state index is 13.8. The van der Waals surface area contributed by atoms with E-state index in [0.29, 0.717) is 30.6 Å². The van der Waals surface area contributed by atoms with E-state index in [1.54, 1.807) is 11.0 Å². The molecule has 2 N–H and O–H groups in total. The average Bonchev–Trinajstić information content (AvgIpc) is 2.62. The van der Waals surface area contributed by atoms with Crippen LogP contribution in [0.3, 0.4) is 0 Å². The zero-order valence-electron chi connectivity index (χ0n) is 14.8. The second-order valence-electron chi connectivity index (χ2n) is 6.16. The third kappa shape index (κ3) is 4.75. The molecule has 0 bridgehead atoms. The van der Waals surface area contributed by atoms with Gasteiger partial charge in [0.25, 0.3) is 0 Å². The molecule has 0 unspecified atom stereocenters. The van der Waals surface area contributed by atoms with Crippen molar-refractivity contribution in [1.29, 1.82) is 0 Å². The second kappa shape index (κ2) is 8.90. The topological polar surface area (TPSA) is 46.3 Å². The minimum absolute atomic E-state index is 0.0681. The number of carbonyl (C=O) groups is 1. The largest absolute Gasteiger partial charge is 0.396 e. The highest BCUT2D eigenvalue weighted by Crippen LogP contribution is 2.32. The Balaban J connectivity index is 0.000000212. The molecule has 0 fully saturated rings. The fraction of sp³-hybridized carbons (Fsp3) is 0.350. The molecule has 2 aromatic rings. The Morgan fingerprint density at radius 2 is 1.84 bits per heavy atom. The standard InChI is InChI=1S/C12H15FN2O.C8H10S/c1-2-7-15-10-5-4-9(14)12(13)8(10)3-6-11(15)16;1-7-2-4-8(6-9)5-3-7/h4-5H,2-3,6-7,14H2,1H3;2-5,9H,6H2,1H3. The molecule has 5 heteroatoms. The van der Waals surface area contributed by atoms with Crippen LogP contribution in [0.25, 0.3) is 0 Å². The zero-order chi connectivity index (χ0) is 18.4. The zero-order valence-corrected chi connectivity index (χ0v) is 15.7. The maximum Gasteiger partial charge on any atom is 0.227 e. The number of benzene rings is 2. The summed E-state index contributed by atoms with van der Waals surface area (Å²) in [5.41, 5.74) is 9.53. The lowest BCUT2D eigenvalue weighted by Gasteiger charge is -2.29. The van der Waals surface area contributed by atoms with Gasteiger partial charge in [0.15, 0.2) is 5.82 Å². The normalized spacial score (nSPS) is 13.1. The molecule has 0 radical (unpaired) electrons. The van der Waals surface area contributed by atoms with Gasteiger partial charge in [0, 0.05) is 30.0 Å². The van der Waals surface area contributed by atoms with Crippen LogP contribution in [-0.4, -0.2) is 12.5 Å². The molecule has 0 saturated carbocycles. The van der Waals surface area contributed by atoms with E-state index in [2.05, 4.69) is 43.8 Å². The van der Waals surface area contributed by atoms with Crippen molar-refractivity contribution >= 4 is 29.9 Å². The van der Waals surface area contributed by atoms with E-state index in [4.69, 9.17) is 5.73 Å². The lowest BCUT2D eigenvalue weighted by atomic mass is 9.99. The van der Waals surface area contributed by atoms with Crippen LogP contribution in [0.4, 0.5) is 15.8 Å². The van der Waals surface area contributed by atoms with Crippen molar-refractivity contribution in [2.24, 2.45) is 0 Å². The maximum atomic E-state index is 13.8. The van der Waals surface area contributed by atoms with Gasteiger partial charge in [0.05, 0.1) is 5.69 Å². The predicted octanol–water partition coefficient (Wildman–Crippen LogP) is 4.52. The Bertz CT molecular complexity index is 731. The number of hydrogen-bond acceptors (Lipinski definition) is 3. The minimum atomic E-state index is -0.369. The summed E-state index contributed by atoms with van der Waals surface area (Å²) in [4.78, 5) is 13.4. The van der Waals surface area contributed by atoms with Gasteiger partial charge >= 0.3 is 0 Å². The van der Waals surface area contributed by atoms with Gasteiger partial charge in [0.2, 0.25) is 5.91 Å². The van der Waals surface area contributed by atoms with Crippen LogP contribution in [0.15, 0.2) is 36.4 Å². The number of rotatable bonds is 3. The van der Waals surface area contributed by atoms with Gasteiger partial charge in [0.1, 0.15) is 0 Å². The molecule has 3 rings (SSSR count). The van der Waals surface area contributed by atoms with Crippen molar-refractivity contribution in [2.45, 2.75) is 38.9 Å². The number of fused-ring (bicyclic) bond motifs is 1. The van der Waals surface area contributed by atoms with Gasteiger partial charge in [-0.05, 0) is 37.5 Å². The number of anilines is 2. The molecule has 3 nitrogen and oxygen atoms in total. The number of nitrogens with zero attached hydrogens (tertiary/aromatic N) is 1. The smallest absolute Gasteiger partial charge is 0.227 e. The summed E-state index contributed by atoms with van der Waals surface area (Å²) >= 11 is 4.14. The number of nitrogens with two attached hydrogens (primary N) is 1. The monoisotopic (exact) mass is 360 g/mol. The molecule has 0 aromatic heterocycles. The number of hydrogen-bond donors (Lipinski definition) is 2. The van der Waals surface area contributed by atoms with Gasteiger partial charge in [-0.25, -0.2) is 4.39 Å². The van der Waals surface area contributed by atoms with Crippen LogP contribution in [0, 0.1) is 12.7 Å². The summed E-state index contributed by atoms with van der Waals surface area (Å²) in [6.45, 7) is 4.71. The first-order valence-electron chi connectivity index (χ1n) is 8.51. The van der Waals surface area contributed by atoms with E-state index in [0.717, 1.165) is 12.2 Å². The van der Waals surface area contributed by atoms with Gasteiger partial charge in [-0.3, -0.25) is 4.79 Å². The molecule has 1 aliphatic heterocycles. The highest BCUT2D eigenvalue weighted by atomic mass is 32.1. The summed E-state index contributed by atoms with van der Waals surface area (Å²) in [5, 5.41) is 0. The van der Waals surface area contributed by atoms with E-state index in [9.17, 15) is 9.18 Å². The number of amides is 1. The Hall–Kier alpha value is -2.01. The molecule has 0 spiro atoms. The van der Waals surface area contributed by atoms with Crippen LogP contribution >= 0.6 is 12.6 Å². The Labute approximate surface area is 154 Å². The molecule has 25 heavy (non-hydrogen) atoms. The Morgan fingerprint density at radius 1 is 1.16 bits per heavy atom. The fourth-order valence-corrected chi connectivity index (χ4v) is 2.99. The van der Waals surface area contributed by atoms with Crippen molar-refractivity contribution in [3.05, 3.63) is 58.9 Å². The van der Waals surface area contributed by atoms with E-state index in [-0.39, 0.29) is 17.4 Å². The quantitative estimate of drug-likeness (QED) is 0.624. The first kappa shape index (κ1) is 19.3. The predicted molar refractivity (Wildman–Crippen MR) is 106 cm³/mol. The van der Waals surface area contributed by atoms with Crippen molar-refractivity contribution in [1.82, 2.24) is 0 Å². The van der Waals surface area contributed by atoms with E-state index < -0.39 is 0 Å². The molecular weight excluding hydrogens is 335 g/mol. The van der Waals surface area contributed by atoms with Crippen LogP contribution in [0.2, 0.25) is 0 Å². The van der Waals surface area contributed by atoms with Gasteiger partial charge in [-0.1, -0.05) is 36.8 Å². The highest BCUT2D eigenvalue weighted by molar-refractivity contribution is 7.79. The van der Waals surface area contributed by atoms with Crippen molar-refractivity contribution in [2.75, 3.05) is 17.2 Å². The first-order valence-corrected chi connectivity index (χ1v) is 9.14. The molecule has 0 aliphatic carbocycles.